The monoisotopic (exact) mass is 250 g/mol. The number of anilines is 3. The van der Waals surface area contributed by atoms with Crippen LogP contribution in [0.1, 0.15) is 5.56 Å². The number of aryl methyl sites for hydroxylation is 1. The van der Waals surface area contributed by atoms with E-state index >= 15 is 0 Å². The van der Waals surface area contributed by atoms with Crippen LogP contribution in [0.3, 0.4) is 0 Å². The van der Waals surface area contributed by atoms with Gasteiger partial charge in [0.15, 0.2) is 0 Å². The van der Waals surface area contributed by atoms with Crippen LogP contribution in [0.5, 0.6) is 0 Å². The second-order valence-corrected chi connectivity index (χ2v) is 4.22. The number of hydrogen-bond donors (Lipinski definition) is 2. The van der Waals surface area contributed by atoms with Crippen molar-refractivity contribution in [3.05, 3.63) is 52.8 Å². The Morgan fingerprint density at radius 1 is 1.24 bits per heavy atom. The molecule has 3 N–H and O–H groups in total. The number of nitrogen functional groups attached to an aromatic ring is 1. The van der Waals surface area contributed by atoms with Gasteiger partial charge in [-0.2, -0.15) is 0 Å². The zero-order valence-electron chi connectivity index (χ0n) is 9.30. The largest absolute Gasteiger partial charge is 0.397 e. The highest BCUT2D eigenvalue weighted by Gasteiger charge is 2.08. The van der Waals surface area contributed by atoms with Gasteiger partial charge in [0.2, 0.25) is 0 Å². The van der Waals surface area contributed by atoms with Crippen LogP contribution < -0.4 is 11.1 Å². The highest BCUT2D eigenvalue weighted by Crippen LogP contribution is 2.32. The van der Waals surface area contributed by atoms with Crippen molar-refractivity contribution in [2.45, 2.75) is 6.92 Å². The Morgan fingerprint density at radius 2 is 2.00 bits per heavy atom. The van der Waals surface area contributed by atoms with Gasteiger partial charge < -0.3 is 11.1 Å². The number of para-hydroxylation sites is 1. The lowest BCUT2D eigenvalue weighted by Crippen LogP contribution is -1.99. The average molecular weight is 251 g/mol. The minimum atomic E-state index is -0.338. The quantitative estimate of drug-likeness (QED) is 0.787. The van der Waals surface area contributed by atoms with Crippen molar-refractivity contribution in [2.75, 3.05) is 11.1 Å². The molecule has 0 aromatic heterocycles. The lowest BCUT2D eigenvalue weighted by molar-refractivity contribution is 0.631. The summed E-state index contributed by atoms with van der Waals surface area (Å²) in [6.45, 7) is 1.89. The van der Waals surface area contributed by atoms with Crippen LogP contribution in [-0.4, -0.2) is 0 Å². The van der Waals surface area contributed by atoms with E-state index in [-0.39, 0.29) is 5.82 Å². The van der Waals surface area contributed by atoms with Crippen LogP contribution in [0.25, 0.3) is 0 Å². The SMILES string of the molecule is Cc1ccc(F)c(Nc2c(N)cccc2Cl)c1. The molecule has 0 saturated carbocycles. The molecule has 2 nitrogen and oxygen atoms in total. The van der Waals surface area contributed by atoms with E-state index in [9.17, 15) is 4.39 Å². The number of benzene rings is 2. The molecule has 0 spiro atoms. The predicted molar refractivity (Wildman–Crippen MR) is 70.3 cm³/mol. The van der Waals surface area contributed by atoms with Crippen molar-refractivity contribution in [3.8, 4) is 0 Å². The van der Waals surface area contributed by atoms with Gasteiger partial charge in [0, 0.05) is 0 Å². The number of hydrogen-bond acceptors (Lipinski definition) is 2. The van der Waals surface area contributed by atoms with Gasteiger partial charge in [-0.3, -0.25) is 0 Å². The molecule has 0 aliphatic rings. The molecule has 0 unspecified atom stereocenters. The fourth-order valence-corrected chi connectivity index (χ4v) is 1.77. The van der Waals surface area contributed by atoms with Crippen LogP contribution >= 0.6 is 11.6 Å². The van der Waals surface area contributed by atoms with Crippen molar-refractivity contribution < 1.29 is 4.39 Å². The summed E-state index contributed by atoms with van der Waals surface area (Å²) in [6.07, 6.45) is 0. The third-order valence-corrected chi connectivity index (χ3v) is 2.74. The zero-order valence-corrected chi connectivity index (χ0v) is 10.1. The molecule has 2 aromatic rings. The summed E-state index contributed by atoms with van der Waals surface area (Å²) in [6, 6.07) is 9.98. The predicted octanol–water partition coefficient (Wildman–Crippen LogP) is 4.11. The van der Waals surface area contributed by atoms with Gasteiger partial charge in [-0.1, -0.05) is 23.7 Å². The van der Waals surface area contributed by atoms with Crippen LogP contribution in [0.4, 0.5) is 21.5 Å². The highest BCUT2D eigenvalue weighted by molar-refractivity contribution is 6.34. The molecule has 88 valence electrons. The molecular weight excluding hydrogens is 239 g/mol. The third-order valence-electron chi connectivity index (χ3n) is 2.43. The first-order chi connectivity index (χ1) is 8.08. The molecular formula is C13H12ClFN2. The van der Waals surface area contributed by atoms with Gasteiger partial charge in [-0.15, -0.1) is 0 Å². The molecule has 2 aromatic carbocycles. The summed E-state index contributed by atoms with van der Waals surface area (Å²) in [7, 11) is 0. The normalized spacial score (nSPS) is 10.3. The second-order valence-electron chi connectivity index (χ2n) is 3.81. The summed E-state index contributed by atoms with van der Waals surface area (Å²) in [4.78, 5) is 0. The summed E-state index contributed by atoms with van der Waals surface area (Å²) in [5.41, 5.74) is 8.12. The van der Waals surface area contributed by atoms with E-state index in [1.807, 2.05) is 6.92 Å². The molecule has 0 atom stereocenters. The minimum absolute atomic E-state index is 0.338. The van der Waals surface area contributed by atoms with E-state index in [0.717, 1.165) is 5.56 Å². The number of nitrogens with one attached hydrogen (secondary N) is 1. The van der Waals surface area contributed by atoms with Crippen molar-refractivity contribution >= 4 is 28.7 Å². The van der Waals surface area contributed by atoms with E-state index in [1.54, 1.807) is 30.3 Å². The molecule has 17 heavy (non-hydrogen) atoms. The Kier molecular flexibility index (Phi) is 3.20. The lowest BCUT2D eigenvalue weighted by Gasteiger charge is -2.12. The van der Waals surface area contributed by atoms with Gasteiger partial charge in [-0.25, -0.2) is 4.39 Å². The van der Waals surface area contributed by atoms with Crippen LogP contribution in [0.2, 0.25) is 5.02 Å². The molecule has 0 amide bonds. The second kappa shape index (κ2) is 4.63. The molecule has 4 heteroatoms. The van der Waals surface area contributed by atoms with Crippen molar-refractivity contribution in [3.63, 3.8) is 0 Å². The van der Waals surface area contributed by atoms with Crippen molar-refractivity contribution in [1.82, 2.24) is 0 Å². The molecule has 0 bridgehead atoms. The Morgan fingerprint density at radius 3 is 2.71 bits per heavy atom. The van der Waals surface area contributed by atoms with Gasteiger partial charge in [0.05, 0.1) is 22.1 Å². The molecule has 0 radical (unpaired) electrons. The number of nitrogens with two attached hydrogens (primary N) is 1. The Balaban J connectivity index is 2.41. The summed E-state index contributed by atoms with van der Waals surface area (Å²) >= 11 is 6.01. The van der Waals surface area contributed by atoms with E-state index < -0.39 is 0 Å². The maximum absolute atomic E-state index is 13.6. The Hall–Kier alpha value is -1.74. The highest BCUT2D eigenvalue weighted by atomic mass is 35.5. The maximum atomic E-state index is 13.6. The van der Waals surface area contributed by atoms with Gasteiger partial charge in [-0.05, 0) is 36.8 Å². The Labute approximate surface area is 104 Å². The molecule has 0 heterocycles. The molecule has 0 fully saturated rings. The summed E-state index contributed by atoms with van der Waals surface area (Å²) in [5, 5.41) is 3.38. The Bertz CT molecular complexity index is 535. The van der Waals surface area contributed by atoms with Gasteiger partial charge >= 0.3 is 0 Å². The third kappa shape index (κ3) is 2.50. The summed E-state index contributed by atoms with van der Waals surface area (Å²) < 4.78 is 13.6. The number of rotatable bonds is 2. The molecule has 0 saturated heterocycles. The minimum Gasteiger partial charge on any atom is -0.397 e. The first-order valence-corrected chi connectivity index (χ1v) is 5.53. The topological polar surface area (TPSA) is 38.0 Å². The lowest BCUT2D eigenvalue weighted by atomic mass is 10.2. The molecule has 0 aliphatic heterocycles. The van der Waals surface area contributed by atoms with Crippen LogP contribution in [0.15, 0.2) is 36.4 Å². The van der Waals surface area contributed by atoms with Crippen LogP contribution in [0, 0.1) is 12.7 Å². The van der Waals surface area contributed by atoms with E-state index in [2.05, 4.69) is 5.32 Å². The van der Waals surface area contributed by atoms with E-state index in [4.69, 9.17) is 17.3 Å². The average Bonchev–Trinajstić information content (AvgIpc) is 2.28. The van der Waals surface area contributed by atoms with Gasteiger partial charge in [0.25, 0.3) is 0 Å². The fraction of sp³-hybridized carbons (Fsp3) is 0.0769. The molecule has 0 aliphatic carbocycles. The van der Waals surface area contributed by atoms with E-state index in [0.29, 0.717) is 22.1 Å². The van der Waals surface area contributed by atoms with Crippen molar-refractivity contribution in [2.24, 2.45) is 0 Å². The first-order valence-electron chi connectivity index (χ1n) is 5.15. The zero-order chi connectivity index (χ0) is 12.4. The van der Waals surface area contributed by atoms with E-state index in [1.165, 1.54) is 6.07 Å². The molecule has 2 rings (SSSR count). The first kappa shape index (κ1) is 11.7. The standard InChI is InChI=1S/C13H12ClFN2/c1-8-5-6-10(15)12(7-8)17-13-9(14)3-2-4-11(13)16/h2-7,17H,16H2,1H3. The number of halogens is 2. The fourth-order valence-electron chi connectivity index (χ4n) is 1.54. The van der Waals surface area contributed by atoms with Gasteiger partial charge in [0.1, 0.15) is 5.82 Å². The van der Waals surface area contributed by atoms with Crippen LogP contribution in [-0.2, 0) is 0 Å². The van der Waals surface area contributed by atoms with Crippen molar-refractivity contribution in [1.29, 1.82) is 0 Å². The maximum Gasteiger partial charge on any atom is 0.146 e. The summed E-state index contributed by atoms with van der Waals surface area (Å²) in [5.74, 6) is -0.338. The smallest absolute Gasteiger partial charge is 0.146 e.